The van der Waals surface area contributed by atoms with Crippen LogP contribution in [0.5, 0.6) is 11.5 Å². The fourth-order valence-corrected chi connectivity index (χ4v) is 3.28. The van der Waals surface area contributed by atoms with Gasteiger partial charge >= 0.3 is 0 Å². The fraction of sp³-hybridized carbons (Fsp3) is 0.143. The van der Waals surface area contributed by atoms with Gasteiger partial charge in [0.05, 0.1) is 19.9 Å². The molecule has 0 aliphatic rings. The number of anilines is 1. The molecule has 11 heteroatoms. The molecule has 0 radical (unpaired) electrons. The van der Waals surface area contributed by atoms with Gasteiger partial charge in [0.25, 0.3) is 10.0 Å². The Balaban J connectivity index is 2.55. The lowest BCUT2D eigenvalue weighted by molar-refractivity contribution is 0.355. The number of halogens is 5. The van der Waals surface area contributed by atoms with Crippen molar-refractivity contribution in [3.63, 3.8) is 0 Å². The van der Waals surface area contributed by atoms with Gasteiger partial charge in [0.15, 0.2) is 39.7 Å². The molecule has 1 N–H and O–H groups in total. The Hall–Kier alpha value is -2.20. The van der Waals surface area contributed by atoms with Crippen LogP contribution in [-0.2, 0) is 10.0 Å². The largest absolute Gasteiger partial charge is 0.493 e. The van der Waals surface area contributed by atoms with Gasteiger partial charge in [-0.3, -0.25) is 4.72 Å². The Labute approximate surface area is 145 Å². The van der Waals surface area contributed by atoms with Gasteiger partial charge < -0.3 is 9.47 Å². The van der Waals surface area contributed by atoms with Gasteiger partial charge in [0.2, 0.25) is 0 Å². The maximum Gasteiger partial charge on any atom is 0.267 e. The SMILES string of the molecule is COc1ccc(NS(=O)(=O)c2c(F)c(F)c(Cl)c(F)c2F)cc1OC. The molecular formula is C14H10ClF4NO4S. The summed E-state index contributed by atoms with van der Waals surface area (Å²) in [6, 6.07) is 3.65. The second kappa shape index (κ2) is 6.96. The quantitative estimate of drug-likeness (QED) is 0.473. The van der Waals surface area contributed by atoms with Crippen molar-refractivity contribution in [3.05, 3.63) is 46.5 Å². The van der Waals surface area contributed by atoms with Gasteiger partial charge in [0, 0.05) is 6.07 Å². The smallest absolute Gasteiger partial charge is 0.267 e. The average Bonchev–Trinajstić information content (AvgIpc) is 2.57. The van der Waals surface area contributed by atoms with Crippen LogP contribution >= 0.6 is 11.6 Å². The van der Waals surface area contributed by atoms with Crippen LogP contribution in [-0.4, -0.2) is 22.6 Å². The first kappa shape index (κ1) is 19.1. The van der Waals surface area contributed by atoms with E-state index >= 15 is 0 Å². The Morgan fingerprint density at radius 2 is 1.44 bits per heavy atom. The molecular weight excluding hydrogens is 390 g/mol. The molecule has 2 rings (SSSR count). The molecule has 5 nitrogen and oxygen atoms in total. The summed E-state index contributed by atoms with van der Waals surface area (Å²) in [4.78, 5) is -1.83. The van der Waals surface area contributed by atoms with Crippen molar-refractivity contribution in [2.75, 3.05) is 18.9 Å². The van der Waals surface area contributed by atoms with E-state index in [1.807, 2.05) is 0 Å². The number of methoxy groups -OCH3 is 2. The Morgan fingerprint density at radius 1 is 0.920 bits per heavy atom. The first-order chi connectivity index (χ1) is 11.6. The monoisotopic (exact) mass is 399 g/mol. The summed E-state index contributed by atoms with van der Waals surface area (Å²) in [6.45, 7) is 0. The van der Waals surface area contributed by atoms with Crippen molar-refractivity contribution in [1.29, 1.82) is 0 Å². The fourth-order valence-electron chi connectivity index (χ4n) is 1.93. The third kappa shape index (κ3) is 3.45. The molecule has 0 aromatic heterocycles. The van der Waals surface area contributed by atoms with Gasteiger partial charge in [0.1, 0.15) is 5.02 Å². The van der Waals surface area contributed by atoms with Crippen molar-refractivity contribution in [1.82, 2.24) is 0 Å². The lowest BCUT2D eigenvalue weighted by atomic mass is 10.3. The zero-order chi connectivity index (χ0) is 18.9. The van der Waals surface area contributed by atoms with Crippen LogP contribution in [0, 0.1) is 23.3 Å². The highest BCUT2D eigenvalue weighted by molar-refractivity contribution is 7.92. The zero-order valence-corrected chi connectivity index (χ0v) is 14.2. The van der Waals surface area contributed by atoms with Crippen LogP contribution in [0.25, 0.3) is 0 Å². The van der Waals surface area contributed by atoms with Crippen LogP contribution in [0.15, 0.2) is 23.1 Å². The van der Waals surface area contributed by atoms with Gasteiger partial charge in [-0.1, -0.05) is 11.6 Å². The number of nitrogens with one attached hydrogen (secondary N) is 1. The summed E-state index contributed by atoms with van der Waals surface area (Å²) in [5.41, 5.74) is -0.188. The molecule has 25 heavy (non-hydrogen) atoms. The van der Waals surface area contributed by atoms with Gasteiger partial charge in [-0.05, 0) is 12.1 Å². The summed E-state index contributed by atoms with van der Waals surface area (Å²) in [6.07, 6.45) is 0. The van der Waals surface area contributed by atoms with E-state index in [1.165, 1.54) is 26.4 Å². The van der Waals surface area contributed by atoms with Crippen LogP contribution in [0.1, 0.15) is 0 Å². The summed E-state index contributed by atoms with van der Waals surface area (Å²) >= 11 is 5.07. The molecule has 2 aromatic carbocycles. The highest BCUT2D eigenvalue weighted by Crippen LogP contribution is 2.33. The van der Waals surface area contributed by atoms with Gasteiger partial charge in [-0.2, -0.15) is 0 Å². The number of ether oxygens (including phenoxy) is 2. The highest BCUT2D eigenvalue weighted by atomic mass is 35.5. The second-order valence-corrected chi connectivity index (χ2v) is 6.57. The average molecular weight is 400 g/mol. The standard InChI is InChI=1S/C14H10ClF4NO4S/c1-23-7-4-3-6(5-8(7)24-2)20-25(21,22)14-12(18)10(16)9(15)11(17)13(14)19/h3-5,20H,1-2H3. The Kier molecular flexibility index (Phi) is 5.33. The van der Waals surface area contributed by atoms with Gasteiger partial charge in [-0.25, -0.2) is 26.0 Å². The highest BCUT2D eigenvalue weighted by Gasteiger charge is 2.33. The van der Waals surface area contributed by atoms with Crippen LogP contribution in [0.4, 0.5) is 23.2 Å². The topological polar surface area (TPSA) is 64.6 Å². The lowest BCUT2D eigenvalue weighted by Crippen LogP contribution is -2.18. The third-order valence-corrected chi connectivity index (χ3v) is 4.81. The number of rotatable bonds is 5. The molecule has 136 valence electrons. The minimum absolute atomic E-state index is 0.108. The number of sulfonamides is 1. The van der Waals surface area contributed by atoms with Crippen molar-refractivity contribution in [2.45, 2.75) is 4.90 Å². The van der Waals surface area contributed by atoms with E-state index in [1.54, 1.807) is 4.72 Å². The summed E-state index contributed by atoms with van der Waals surface area (Å²) < 4.78 is 90.7. The molecule has 0 unspecified atom stereocenters. The normalized spacial score (nSPS) is 11.3. The van der Waals surface area contributed by atoms with E-state index in [-0.39, 0.29) is 17.2 Å². The first-order valence-electron chi connectivity index (χ1n) is 6.40. The zero-order valence-electron chi connectivity index (χ0n) is 12.7. The molecule has 0 saturated carbocycles. The van der Waals surface area contributed by atoms with E-state index in [0.29, 0.717) is 0 Å². The van der Waals surface area contributed by atoms with E-state index in [4.69, 9.17) is 21.1 Å². The van der Waals surface area contributed by atoms with E-state index < -0.39 is 43.2 Å². The van der Waals surface area contributed by atoms with Crippen molar-refractivity contribution in [3.8, 4) is 11.5 Å². The third-order valence-electron chi connectivity index (χ3n) is 3.07. The predicted octanol–water partition coefficient (Wildman–Crippen LogP) is 3.71. The van der Waals surface area contributed by atoms with Crippen molar-refractivity contribution < 1.29 is 35.5 Å². The van der Waals surface area contributed by atoms with Crippen molar-refractivity contribution in [2.24, 2.45) is 0 Å². The predicted molar refractivity (Wildman–Crippen MR) is 81.6 cm³/mol. The maximum absolute atomic E-state index is 13.8. The minimum Gasteiger partial charge on any atom is -0.493 e. The lowest BCUT2D eigenvalue weighted by Gasteiger charge is -2.13. The number of hydrogen-bond donors (Lipinski definition) is 1. The molecule has 0 heterocycles. The first-order valence-corrected chi connectivity index (χ1v) is 8.26. The molecule has 0 atom stereocenters. The van der Waals surface area contributed by atoms with E-state index in [2.05, 4.69) is 0 Å². The number of benzene rings is 2. The number of hydrogen-bond acceptors (Lipinski definition) is 4. The Morgan fingerprint density at radius 3 is 1.92 bits per heavy atom. The summed E-state index contributed by atoms with van der Waals surface area (Å²) in [5.74, 6) is -7.96. The van der Waals surface area contributed by atoms with Gasteiger partial charge in [-0.15, -0.1) is 0 Å². The van der Waals surface area contributed by atoms with Crippen molar-refractivity contribution >= 4 is 27.3 Å². The van der Waals surface area contributed by atoms with Crippen LogP contribution in [0.2, 0.25) is 5.02 Å². The molecule has 0 amide bonds. The summed E-state index contributed by atoms with van der Waals surface area (Å²) in [7, 11) is -2.40. The molecule has 2 aromatic rings. The molecule has 0 aliphatic heterocycles. The summed E-state index contributed by atoms with van der Waals surface area (Å²) in [5, 5.41) is -1.49. The molecule has 0 aliphatic carbocycles. The molecule has 0 saturated heterocycles. The Bertz CT molecular complexity index is 908. The van der Waals surface area contributed by atoms with Crippen LogP contribution in [0.3, 0.4) is 0 Å². The second-order valence-electron chi connectivity index (χ2n) is 4.57. The van der Waals surface area contributed by atoms with E-state index in [0.717, 1.165) is 6.07 Å². The maximum atomic E-state index is 13.8. The van der Waals surface area contributed by atoms with Crippen LogP contribution < -0.4 is 14.2 Å². The van der Waals surface area contributed by atoms with E-state index in [9.17, 15) is 26.0 Å². The minimum atomic E-state index is -5.02. The molecule has 0 fully saturated rings. The molecule has 0 spiro atoms. The molecule has 0 bridgehead atoms.